The van der Waals surface area contributed by atoms with Gasteiger partial charge in [0.25, 0.3) is 0 Å². The molecule has 0 amide bonds. The second kappa shape index (κ2) is 12.4. The Morgan fingerprint density at radius 2 is 0.818 bits per heavy atom. The van der Waals surface area contributed by atoms with Gasteiger partial charge in [-0.05, 0) is 81.6 Å². The molecule has 9 aromatic carbocycles. The van der Waals surface area contributed by atoms with Gasteiger partial charge in [0.15, 0.2) is 0 Å². The lowest BCUT2D eigenvalue weighted by Crippen LogP contribution is -2.37. The average Bonchev–Trinajstić information content (AvgIpc) is 3.68. The van der Waals surface area contributed by atoms with E-state index in [1.54, 1.807) is 0 Å². The fraction of sp³-hybridized carbons (Fsp3) is 0.0192. The number of benzene rings is 9. The average molecular weight is 702 g/mol. The molecule has 3 nitrogen and oxygen atoms in total. The van der Waals surface area contributed by atoms with Gasteiger partial charge >= 0.3 is 0 Å². The molecule has 1 aromatic heterocycles. The van der Waals surface area contributed by atoms with Gasteiger partial charge in [0.05, 0.1) is 27.8 Å². The van der Waals surface area contributed by atoms with Crippen LogP contribution in [0.4, 0.5) is 17.1 Å². The number of rotatable bonds is 5. The topological polar surface area (TPSA) is 21.1 Å². The van der Waals surface area contributed by atoms with E-state index < -0.39 is 5.41 Å². The zero-order valence-electron chi connectivity index (χ0n) is 30.0. The number of fused-ring (bicyclic) bond motifs is 8. The van der Waals surface area contributed by atoms with Gasteiger partial charge in [-0.3, -0.25) is 4.57 Å². The monoisotopic (exact) mass is 701 g/mol. The highest BCUT2D eigenvalue weighted by Gasteiger charge is 2.46. The molecule has 0 aliphatic carbocycles. The Bertz CT molecular complexity index is 2930. The van der Waals surface area contributed by atoms with Crippen LogP contribution in [0.5, 0.6) is 0 Å². The van der Waals surface area contributed by atoms with Crippen LogP contribution < -0.4 is 4.90 Å². The van der Waals surface area contributed by atoms with Crippen molar-refractivity contribution >= 4 is 49.6 Å². The first kappa shape index (κ1) is 31.3. The molecule has 10 aromatic rings. The van der Waals surface area contributed by atoms with Gasteiger partial charge in [-0.25, -0.2) is 4.98 Å². The third kappa shape index (κ3) is 4.60. The second-order valence-corrected chi connectivity index (χ2v) is 14.3. The molecule has 0 saturated carbocycles. The largest absolute Gasteiger partial charge is 0.310 e. The van der Waals surface area contributed by atoms with E-state index in [0.717, 1.165) is 50.6 Å². The van der Waals surface area contributed by atoms with E-state index in [4.69, 9.17) is 4.98 Å². The Kier molecular flexibility index (Phi) is 7.08. The van der Waals surface area contributed by atoms with Gasteiger partial charge in [0.2, 0.25) is 0 Å². The van der Waals surface area contributed by atoms with E-state index in [0.29, 0.717) is 0 Å². The molecule has 0 atom stereocenters. The van der Waals surface area contributed by atoms with Gasteiger partial charge < -0.3 is 4.90 Å². The highest BCUT2D eigenvalue weighted by atomic mass is 15.2. The van der Waals surface area contributed by atoms with Gasteiger partial charge in [0, 0.05) is 27.7 Å². The van der Waals surface area contributed by atoms with Crippen molar-refractivity contribution in [2.45, 2.75) is 5.41 Å². The second-order valence-electron chi connectivity index (χ2n) is 14.3. The number of hydrogen-bond acceptors (Lipinski definition) is 2. The van der Waals surface area contributed by atoms with Crippen molar-refractivity contribution in [3.63, 3.8) is 0 Å². The maximum Gasteiger partial charge on any atom is 0.145 e. The molecule has 0 N–H and O–H groups in total. The number of hydrogen-bond donors (Lipinski definition) is 0. The lowest BCUT2D eigenvalue weighted by atomic mass is 9.62. The van der Waals surface area contributed by atoms with Crippen LogP contribution in [0.15, 0.2) is 212 Å². The molecule has 0 bridgehead atoms. The first-order valence-electron chi connectivity index (χ1n) is 18.9. The van der Waals surface area contributed by atoms with Crippen molar-refractivity contribution in [2.75, 3.05) is 4.90 Å². The molecule has 2 heterocycles. The van der Waals surface area contributed by atoms with Crippen molar-refractivity contribution in [3.05, 3.63) is 235 Å². The molecule has 0 unspecified atom stereocenters. The predicted molar refractivity (Wildman–Crippen MR) is 228 cm³/mol. The number of anilines is 3. The van der Waals surface area contributed by atoms with E-state index in [2.05, 4.69) is 222 Å². The number of nitrogens with zero attached hydrogens (tertiary/aromatic N) is 3. The van der Waals surface area contributed by atoms with Gasteiger partial charge in [-0.2, -0.15) is 0 Å². The molecule has 258 valence electrons. The number of imidazole rings is 1. The smallest absolute Gasteiger partial charge is 0.145 e. The third-order valence-electron chi connectivity index (χ3n) is 11.4. The van der Waals surface area contributed by atoms with Crippen LogP contribution in [-0.4, -0.2) is 9.55 Å². The Morgan fingerprint density at radius 3 is 1.40 bits per heavy atom. The molecule has 3 heteroatoms. The van der Waals surface area contributed by atoms with E-state index in [1.807, 2.05) is 0 Å². The minimum Gasteiger partial charge on any atom is -0.310 e. The van der Waals surface area contributed by atoms with Gasteiger partial charge in [-0.15, -0.1) is 0 Å². The summed E-state index contributed by atoms with van der Waals surface area (Å²) in [6.45, 7) is 0. The van der Waals surface area contributed by atoms with Crippen LogP contribution in [0.3, 0.4) is 0 Å². The minimum atomic E-state index is -0.502. The fourth-order valence-electron chi connectivity index (χ4n) is 9.18. The summed E-state index contributed by atoms with van der Waals surface area (Å²) in [5.41, 5.74) is 12.2. The maximum atomic E-state index is 5.49. The molecule has 1 aliphatic heterocycles. The van der Waals surface area contributed by atoms with Crippen LogP contribution in [0.1, 0.15) is 22.3 Å². The molecule has 0 fully saturated rings. The summed E-state index contributed by atoms with van der Waals surface area (Å²) in [5, 5.41) is 4.80. The fourth-order valence-corrected chi connectivity index (χ4v) is 9.18. The molecule has 1 aliphatic rings. The molecule has 55 heavy (non-hydrogen) atoms. The summed E-state index contributed by atoms with van der Waals surface area (Å²) in [6, 6.07) is 76.8. The molecule has 11 rings (SSSR count). The van der Waals surface area contributed by atoms with E-state index in [1.165, 1.54) is 38.4 Å². The summed E-state index contributed by atoms with van der Waals surface area (Å²) in [6.07, 6.45) is 0. The van der Waals surface area contributed by atoms with Crippen molar-refractivity contribution in [2.24, 2.45) is 0 Å². The Labute approximate surface area is 320 Å². The van der Waals surface area contributed by atoms with Crippen LogP contribution in [0.2, 0.25) is 0 Å². The highest BCUT2D eigenvalue weighted by molar-refractivity contribution is 6.24. The van der Waals surface area contributed by atoms with Crippen molar-refractivity contribution in [3.8, 4) is 17.1 Å². The van der Waals surface area contributed by atoms with E-state index >= 15 is 0 Å². The van der Waals surface area contributed by atoms with Crippen LogP contribution in [-0.2, 0) is 5.41 Å². The summed E-state index contributed by atoms with van der Waals surface area (Å²) in [4.78, 5) is 7.92. The molecule has 0 spiro atoms. The quantitative estimate of drug-likeness (QED) is 0.167. The Balaban J connectivity index is 1.13. The zero-order valence-corrected chi connectivity index (χ0v) is 30.0. The standard InChI is InChI=1S/C52H35N3/c1-4-18-37(19-5-1)52(38-20-6-2-7-21-38)45-28-14-16-30-47(45)54(48-31-17-15-29-46(48)52)40-34-32-36(33-35-40)51-53-49-43-26-12-10-24-41(43)42-25-11-13-27-44(42)50(49)55(51)39-22-8-3-9-23-39/h1-35H. The SMILES string of the molecule is c1ccc(-n2c(-c3ccc(N4c5ccccc5C(c5ccccc5)(c5ccccc5)c5ccccc54)cc3)nc3c4ccccc4c4ccccc4c32)cc1. The van der Waals surface area contributed by atoms with Gasteiger partial charge in [-0.1, -0.05) is 164 Å². The van der Waals surface area contributed by atoms with Crippen molar-refractivity contribution in [1.29, 1.82) is 0 Å². The maximum absolute atomic E-state index is 5.49. The number of aromatic nitrogens is 2. The molecular formula is C52H35N3. The molecular weight excluding hydrogens is 667 g/mol. The van der Waals surface area contributed by atoms with Crippen LogP contribution in [0.25, 0.3) is 49.7 Å². The van der Waals surface area contributed by atoms with Crippen LogP contribution in [0, 0.1) is 0 Å². The molecule has 0 radical (unpaired) electrons. The Hall–Kier alpha value is -7.23. The highest BCUT2D eigenvalue weighted by Crippen LogP contribution is 2.57. The van der Waals surface area contributed by atoms with Crippen molar-refractivity contribution < 1.29 is 0 Å². The predicted octanol–water partition coefficient (Wildman–Crippen LogP) is 13.2. The normalized spacial score (nSPS) is 13.2. The lowest BCUT2D eigenvalue weighted by molar-refractivity contribution is 0.731. The zero-order chi connectivity index (χ0) is 36.3. The third-order valence-corrected chi connectivity index (χ3v) is 11.4. The van der Waals surface area contributed by atoms with Crippen molar-refractivity contribution in [1.82, 2.24) is 9.55 Å². The number of para-hydroxylation sites is 3. The van der Waals surface area contributed by atoms with E-state index in [9.17, 15) is 0 Å². The first-order chi connectivity index (χ1) is 27.3. The Morgan fingerprint density at radius 1 is 0.364 bits per heavy atom. The summed E-state index contributed by atoms with van der Waals surface area (Å²) in [7, 11) is 0. The first-order valence-corrected chi connectivity index (χ1v) is 18.9. The van der Waals surface area contributed by atoms with E-state index in [-0.39, 0.29) is 0 Å². The van der Waals surface area contributed by atoms with Crippen LogP contribution >= 0.6 is 0 Å². The minimum absolute atomic E-state index is 0.502. The summed E-state index contributed by atoms with van der Waals surface area (Å²) >= 11 is 0. The lowest BCUT2D eigenvalue weighted by Gasteiger charge is -2.46. The van der Waals surface area contributed by atoms with Gasteiger partial charge in [0.1, 0.15) is 5.82 Å². The summed E-state index contributed by atoms with van der Waals surface area (Å²) in [5.74, 6) is 0.917. The summed E-state index contributed by atoms with van der Waals surface area (Å²) < 4.78 is 2.35. The molecule has 0 saturated heterocycles.